The van der Waals surface area contributed by atoms with Gasteiger partial charge in [0.05, 0.1) is 12.2 Å². The highest BCUT2D eigenvalue weighted by Crippen LogP contribution is 2.20. The van der Waals surface area contributed by atoms with Crippen molar-refractivity contribution in [3.05, 3.63) is 75.2 Å². The molecular formula is C25H31N3O2S. The van der Waals surface area contributed by atoms with Crippen LogP contribution >= 0.6 is 11.3 Å². The molecule has 0 fully saturated rings. The fraction of sp³-hybridized carbons (Fsp3) is 0.360. The van der Waals surface area contributed by atoms with Gasteiger partial charge in [-0.1, -0.05) is 37.6 Å². The van der Waals surface area contributed by atoms with E-state index in [4.69, 9.17) is 4.74 Å². The summed E-state index contributed by atoms with van der Waals surface area (Å²) >= 11 is 1.56. The molecule has 0 spiro atoms. The number of carbonyl (C=O) groups excluding carboxylic acids is 1. The van der Waals surface area contributed by atoms with Crippen LogP contribution in [0.25, 0.3) is 0 Å². The molecule has 2 amide bonds. The molecule has 6 heteroatoms. The molecule has 0 bridgehead atoms. The van der Waals surface area contributed by atoms with Gasteiger partial charge in [0.25, 0.3) is 0 Å². The first-order valence-corrected chi connectivity index (χ1v) is 11.4. The molecule has 1 aromatic heterocycles. The third kappa shape index (κ3) is 6.82. The molecule has 164 valence electrons. The maximum atomic E-state index is 12.9. The van der Waals surface area contributed by atoms with E-state index in [0.29, 0.717) is 25.6 Å². The number of hydrogen-bond donors (Lipinski definition) is 1. The van der Waals surface area contributed by atoms with Crippen LogP contribution in [0.5, 0.6) is 5.75 Å². The van der Waals surface area contributed by atoms with Crippen LogP contribution in [-0.4, -0.2) is 22.5 Å². The van der Waals surface area contributed by atoms with E-state index in [0.717, 1.165) is 27.7 Å². The monoisotopic (exact) mass is 437 g/mol. The van der Waals surface area contributed by atoms with Gasteiger partial charge < -0.3 is 15.0 Å². The minimum atomic E-state index is -0.113. The van der Waals surface area contributed by atoms with E-state index >= 15 is 0 Å². The first-order chi connectivity index (χ1) is 14.8. The Morgan fingerprint density at radius 3 is 2.52 bits per heavy atom. The lowest BCUT2D eigenvalue weighted by atomic mass is 10.1. The number of thiazole rings is 1. The average molecular weight is 438 g/mol. The van der Waals surface area contributed by atoms with Crippen molar-refractivity contribution < 1.29 is 9.53 Å². The molecule has 0 aliphatic carbocycles. The molecule has 0 saturated carbocycles. The van der Waals surface area contributed by atoms with E-state index in [-0.39, 0.29) is 6.03 Å². The summed E-state index contributed by atoms with van der Waals surface area (Å²) < 4.78 is 5.90. The van der Waals surface area contributed by atoms with Crippen LogP contribution in [0.15, 0.2) is 47.8 Å². The van der Waals surface area contributed by atoms with Crippen molar-refractivity contribution in [1.29, 1.82) is 0 Å². The number of anilines is 1. The molecule has 0 radical (unpaired) electrons. The molecule has 1 N–H and O–H groups in total. The quantitative estimate of drug-likeness (QED) is 0.447. The number of urea groups is 1. The predicted molar refractivity (Wildman–Crippen MR) is 128 cm³/mol. The van der Waals surface area contributed by atoms with Crippen molar-refractivity contribution in [1.82, 2.24) is 9.88 Å². The maximum Gasteiger partial charge on any atom is 0.322 e. The molecule has 31 heavy (non-hydrogen) atoms. The van der Waals surface area contributed by atoms with E-state index in [9.17, 15) is 4.79 Å². The number of hydrogen-bond acceptors (Lipinski definition) is 4. The number of nitrogens with one attached hydrogen (secondary N) is 1. The van der Waals surface area contributed by atoms with Crippen LogP contribution < -0.4 is 10.1 Å². The zero-order valence-corrected chi connectivity index (χ0v) is 19.8. The molecule has 0 saturated heterocycles. The van der Waals surface area contributed by atoms with Crippen LogP contribution in [0.1, 0.15) is 41.2 Å². The first kappa shape index (κ1) is 22.8. The summed E-state index contributed by atoms with van der Waals surface area (Å²) in [4.78, 5) is 19.4. The molecule has 1 heterocycles. The molecule has 0 aliphatic heterocycles. The highest BCUT2D eigenvalue weighted by Gasteiger charge is 2.17. The zero-order chi connectivity index (χ0) is 22.4. The Balaban J connectivity index is 1.61. The fourth-order valence-corrected chi connectivity index (χ4v) is 3.83. The molecule has 5 nitrogen and oxygen atoms in total. The Hall–Kier alpha value is -2.86. The Labute approximate surface area is 189 Å². The second-order valence-electron chi connectivity index (χ2n) is 8.34. The number of rotatable bonds is 8. The largest absolute Gasteiger partial charge is 0.486 e. The van der Waals surface area contributed by atoms with Crippen LogP contribution in [0.2, 0.25) is 0 Å². The molecule has 2 aromatic carbocycles. The number of aromatic nitrogens is 1. The summed E-state index contributed by atoms with van der Waals surface area (Å²) in [5, 5.41) is 5.90. The van der Waals surface area contributed by atoms with E-state index in [2.05, 4.69) is 44.1 Å². The highest BCUT2D eigenvalue weighted by molar-refractivity contribution is 7.09. The van der Waals surface area contributed by atoms with Gasteiger partial charge in [-0.25, -0.2) is 9.78 Å². The van der Waals surface area contributed by atoms with Gasteiger partial charge in [-0.2, -0.15) is 0 Å². The summed E-state index contributed by atoms with van der Waals surface area (Å²) in [6.07, 6.45) is 0. The Bertz CT molecular complexity index is 1010. The van der Waals surface area contributed by atoms with Crippen molar-refractivity contribution in [2.24, 2.45) is 5.92 Å². The smallest absolute Gasteiger partial charge is 0.322 e. The van der Waals surface area contributed by atoms with Gasteiger partial charge in [0.2, 0.25) is 0 Å². The Morgan fingerprint density at radius 1 is 1.10 bits per heavy atom. The van der Waals surface area contributed by atoms with Crippen molar-refractivity contribution in [2.45, 2.75) is 47.8 Å². The van der Waals surface area contributed by atoms with Crippen molar-refractivity contribution >= 4 is 23.1 Å². The molecule has 0 atom stereocenters. The van der Waals surface area contributed by atoms with Crippen LogP contribution in [0.4, 0.5) is 10.5 Å². The van der Waals surface area contributed by atoms with Crippen LogP contribution in [0, 0.1) is 26.7 Å². The standard InChI is InChI=1S/C25H31N3O2S/c1-17(2)13-28(25(29)27-21-9-6-18(3)7-10-21)14-22-16-31-24(26-22)15-30-23-11-8-19(4)20(5)12-23/h6-12,16-17H,13-15H2,1-5H3,(H,27,29). The third-order valence-corrected chi connectivity index (χ3v) is 5.84. The third-order valence-electron chi connectivity index (χ3n) is 4.97. The van der Waals surface area contributed by atoms with Crippen molar-refractivity contribution in [2.75, 3.05) is 11.9 Å². The first-order valence-electron chi connectivity index (χ1n) is 10.6. The lowest BCUT2D eigenvalue weighted by molar-refractivity contribution is 0.201. The van der Waals surface area contributed by atoms with Gasteiger partial charge in [-0.3, -0.25) is 0 Å². The average Bonchev–Trinajstić information content (AvgIpc) is 3.17. The minimum absolute atomic E-state index is 0.113. The van der Waals surface area contributed by atoms with Gasteiger partial charge in [0, 0.05) is 17.6 Å². The summed E-state index contributed by atoms with van der Waals surface area (Å²) in [6.45, 7) is 12.0. The Morgan fingerprint density at radius 2 is 1.84 bits per heavy atom. The highest BCUT2D eigenvalue weighted by atomic mass is 32.1. The molecule has 3 rings (SSSR count). The molecule has 0 unspecified atom stereocenters. The van der Waals surface area contributed by atoms with Gasteiger partial charge in [0.1, 0.15) is 17.4 Å². The fourth-order valence-electron chi connectivity index (χ4n) is 3.13. The zero-order valence-electron chi connectivity index (χ0n) is 18.9. The molecule has 3 aromatic rings. The minimum Gasteiger partial charge on any atom is -0.486 e. The Kier molecular flexibility index (Phi) is 7.69. The second-order valence-corrected chi connectivity index (χ2v) is 9.28. The summed E-state index contributed by atoms with van der Waals surface area (Å²) in [6, 6.07) is 13.8. The van der Waals surface area contributed by atoms with E-state index in [1.807, 2.05) is 53.6 Å². The van der Waals surface area contributed by atoms with E-state index in [1.165, 1.54) is 11.1 Å². The van der Waals surface area contributed by atoms with Gasteiger partial charge in [0.15, 0.2) is 0 Å². The van der Waals surface area contributed by atoms with E-state index < -0.39 is 0 Å². The summed E-state index contributed by atoms with van der Waals surface area (Å²) in [5.74, 6) is 1.20. The molecular weight excluding hydrogens is 406 g/mol. The molecule has 0 aliphatic rings. The normalized spacial score (nSPS) is 10.9. The van der Waals surface area contributed by atoms with Crippen LogP contribution in [0.3, 0.4) is 0 Å². The number of carbonyl (C=O) groups is 1. The number of ether oxygens (including phenoxy) is 1. The second kappa shape index (κ2) is 10.4. The summed E-state index contributed by atoms with van der Waals surface area (Å²) in [5.41, 5.74) is 5.29. The summed E-state index contributed by atoms with van der Waals surface area (Å²) in [7, 11) is 0. The number of amides is 2. The number of nitrogens with zero attached hydrogens (tertiary/aromatic N) is 2. The van der Waals surface area contributed by atoms with Crippen molar-refractivity contribution in [3.63, 3.8) is 0 Å². The van der Waals surface area contributed by atoms with Gasteiger partial charge in [-0.15, -0.1) is 11.3 Å². The van der Waals surface area contributed by atoms with Crippen LogP contribution in [-0.2, 0) is 13.2 Å². The van der Waals surface area contributed by atoms with Gasteiger partial charge in [-0.05, 0) is 62.1 Å². The lowest BCUT2D eigenvalue weighted by Gasteiger charge is -2.24. The van der Waals surface area contributed by atoms with Crippen molar-refractivity contribution in [3.8, 4) is 5.75 Å². The van der Waals surface area contributed by atoms with E-state index in [1.54, 1.807) is 11.3 Å². The predicted octanol–water partition coefficient (Wildman–Crippen LogP) is 6.34. The topological polar surface area (TPSA) is 54.5 Å². The SMILES string of the molecule is Cc1ccc(NC(=O)N(Cc2csc(COc3ccc(C)c(C)c3)n2)CC(C)C)cc1. The maximum absolute atomic E-state index is 12.9. The number of aryl methyl sites for hydroxylation is 3. The number of benzene rings is 2. The lowest BCUT2D eigenvalue weighted by Crippen LogP contribution is -2.37. The van der Waals surface area contributed by atoms with Gasteiger partial charge >= 0.3 is 6.03 Å².